The van der Waals surface area contributed by atoms with Crippen LogP contribution in [0.4, 0.5) is 39.8 Å². The molecule has 0 fully saturated rings. The number of anilines is 1. The second-order valence-electron chi connectivity index (χ2n) is 18.7. The molecule has 0 bridgehead atoms. The Hall–Kier alpha value is -9.52. The number of hydrogen-bond acceptors (Lipinski definition) is 17. The Kier molecular flexibility index (Phi) is 35.8. The molecule has 0 saturated carbocycles. The van der Waals surface area contributed by atoms with Crippen LogP contribution in [0.15, 0.2) is 116 Å². The van der Waals surface area contributed by atoms with Gasteiger partial charge in [0.05, 0.1) is 53.3 Å². The third-order valence-corrected chi connectivity index (χ3v) is 11.2. The smallest absolute Gasteiger partial charge is 0.283 e. The first-order valence-electron chi connectivity index (χ1n) is 24.5. The molecule has 0 spiro atoms. The molecular formula is C60H84N10O14. The number of aromatic nitrogens is 1. The molecule has 24 heteroatoms. The number of methoxy groups -OCH3 is 2. The van der Waals surface area contributed by atoms with Crippen LogP contribution in [0, 0.1) is 130 Å². The number of hydrogen-bond donors (Lipinski definition) is 2. The summed E-state index contributed by atoms with van der Waals surface area (Å²) in [5, 5.41) is 64.8. The molecule has 0 aliphatic rings. The number of ether oxygens (including phenoxy) is 2. The minimum Gasteiger partial charge on any atom is -0.398 e. The molecule has 84 heavy (non-hydrogen) atoms. The topological polar surface area (TPSA) is 326 Å². The van der Waals surface area contributed by atoms with Crippen molar-refractivity contribution < 1.29 is 39.0 Å². The molecule has 7 rings (SSSR count). The zero-order chi connectivity index (χ0) is 62.0. The van der Waals surface area contributed by atoms with Crippen LogP contribution in [-0.2, 0) is 9.47 Å². The molecule has 0 unspecified atom stereocenters. The molecule has 1 heterocycles. The molecule has 458 valence electrons. The minimum absolute atomic E-state index is 0. The lowest BCUT2D eigenvalue weighted by Gasteiger charge is -2.19. The first kappa shape index (κ1) is 78.7. The van der Waals surface area contributed by atoms with Crippen molar-refractivity contribution in [2.24, 2.45) is 0 Å². The van der Waals surface area contributed by atoms with E-state index in [9.17, 15) is 60.7 Å². The standard InChI is InChI=1S/C11H13N3O4.C9H10N2.2C8H8N2O4.2C8H10.C5H13NO2.3CH4/c1-8-6-9(4-5-12(2)3)11(14(17)18)7-10(8)13(15)16;1-6-4-7-2-3-11-9(7)5-8(6)10;2*1-5-3-6(2)8(10(13)14)4-7(5)9(11)12;2*1-7-4-3-5-8(2)6-7;1-6(2)5(7-3)8-4;;;/h4-7H,1-3H3;2-5,11H,10H2,1H3;2*3-4H,1-2H3;2*3-6H,1-2H3;5H,1-4H3;3*1H4/b5-4+;;;;;;;;;. The van der Waals surface area contributed by atoms with Gasteiger partial charge in [0.25, 0.3) is 34.1 Å². The van der Waals surface area contributed by atoms with Crippen LogP contribution in [0.5, 0.6) is 0 Å². The normalized spacial score (nSPS) is 9.79. The quantitative estimate of drug-likeness (QED) is 0.0526. The summed E-state index contributed by atoms with van der Waals surface area (Å²) >= 11 is 0. The molecule has 3 N–H and O–H groups in total. The Morgan fingerprint density at radius 2 is 0.774 bits per heavy atom. The van der Waals surface area contributed by atoms with Gasteiger partial charge in [-0.25, -0.2) is 0 Å². The predicted octanol–water partition coefficient (Wildman–Crippen LogP) is 15.3. The molecule has 1 aromatic heterocycles. The number of fused-ring (bicyclic) bond motifs is 1. The van der Waals surface area contributed by atoms with Crippen LogP contribution < -0.4 is 5.73 Å². The number of H-pyrrole nitrogens is 1. The van der Waals surface area contributed by atoms with Crippen molar-refractivity contribution in [3.63, 3.8) is 0 Å². The molecule has 0 radical (unpaired) electrons. The van der Waals surface area contributed by atoms with Crippen LogP contribution in [0.2, 0.25) is 0 Å². The van der Waals surface area contributed by atoms with Crippen LogP contribution in [0.3, 0.4) is 0 Å². The number of aromatic amines is 1. The van der Waals surface area contributed by atoms with Crippen LogP contribution >= 0.6 is 0 Å². The summed E-state index contributed by atoms with van der Waals surface area (Å²) < 4.78 is 9.73. The summed E-state index contributed by atoms with van der Waals surface area (Å²) in [5.41, 5.74) is 15.2. The number of nitrogen functional groups attached to an aromatic ring is 1. The van der Waals surface area contributed by atoms with Crippen molar-refractivity contribution in [2.75, 3.05) is 48.1 Å². The monoisotopic (exact) mass is 1170 g/mol. The fourth-order valence-corrected chi connectivity index (χ4v) is 7.23. The Bertz CT molecular complexity index is 3050. The zero-order valence-corrected chi connectivity index (χ0v) is 48.5. The number of aryl methyl sites for hydroxylation is 10. The molecule has 0 atom stereocenters. The summed E-state index contributed by atoms with van der Waals surface area (Å²) in [6.45, 7) is 18.2. The van der Waals surface area contributed by atoms with E-state index in [0.29, 0.717) is 33.4 Å². The average Bonchev–Trinajstić information content (AvgIpc) is 3.92. The third kappa shape index (κ3) is 26.8. The third-order valence-electron chi connectivity index (χ3n) is 11.2. The van der Waals surface area contributed by atoms with Gasteiger partial charge in [-0.3, -0.25) is 65.6 Å². The van der Waals surface area contributed by atoms with E-state index >= 15 is 0 Å². The lowest BCUT2D eigenvalue weighted by Crippen LogP contribution is -2.30. The van der Waals surface area contributed by atoms with E-state index in [0.717, 1.165) is 35.0 Å². The Balaban J connectivity index is -0.000000923. The van der Waals surface area contributed by atoms with Crippen molar-refractivity contribution >= 4 is 56.8 Å². The Morgan fingerprint density at radius 1 is 0.452 bits per heavy atom. The summed E-state index contributed by atoms with van der Waals surface area (Å²) in [5.74, 6) is 0. The van der Waals surface area contributed by atoms with E-state index in [4.69, 9.17) is 15.2 Å². The lowest BCUT2D eigenvalue weighted by atomic mass is 10.1. The van der Waals surface area contributed by atoms with Gasteiger partial charge in [-0.05, 0) is 143 Å². The van der Waals surface area contributed by atoms with Crippen molar-refractivity contribution in [1.82, 2.24) is 14.8 Å². The lowest BCUT2D eigenvalue weighted by molar-refractivity contribution is -0.395. The number of nitrogens with zero attached hydrogens (tertiary/aromatic N) is 8. The minimum atomic E-state index is -0.623. The maximum absolute atomic E-state index is 10.9. The number of nitrogens with one attached hydrogen (secondary N) is 1. The van der Waals surface area contributed by atoms with Crippen molar-refractivity contribution in [2.45, 2.75) is 97.9 Å². The van der Waals surface area contributed by atoms with Gasteiger partial charge in [-0.2, -0.15) is 0 Å². The fraction of sp³-hybridized carbons (Fsp3) is 0.333. The van der Waals surface area contributed by atoms with Crippen LogP contribution in [0.25, 0.3) is 17.0 Å². The van der Waals surface area contributed by atoms with Gasteiger partial charge < -0.3 is 25.1 Å². The van der Waals surface area contributed by atoms with Gasteiger partial charge in [0.15, 0.2) is 0 Å². The molecule has 7 aromatic rings. The highest BCUT2D eigenvalue weighted by atomic mass is 16.7. The summed E-state index contributed by atoms with van der Waals surface area (Å²) in [6, 6.07) is 30.3. The molecule has 24 nitrogen and oxygen atoms in total. The summed E-state index contributed by atoms with van der Waals surface area (Å²) in [7, 11) is 10.5. The SMILES string of the molecule is C.C.C.COC(OC)N(C)C.Cc1cc(/C=C/N(C)C)c([N+](=O)[O-])cc1[N+](=O)[O-].Cc1cc(C)c([N+](=O)[O-])cc1[N+](=O)[O-].Cc1cc(C)c([N+](=O)[O-])cc1[N+](=O)[O-].Cc1cc2cc[nH]c2cc1N.Cc1cccc(C)c1.Cc1cccc(C)c1. The molecule has 6 aromatic carbocycles. The number of benzene rings is 6. The van der Waals surface area contributed by atoms with E-state index in [1.807, 2.05) is 44.2 Å². The van der Waals surface area contributed by atoms with E-state index in [-0.39, 0.29) is 62.8 Å². The molecule has 0 aliphatic heterocycles. The number of nitrogens with two attached hydrogens (primary N) is 1. The van der Waals surface area contributed by atoms with E-state index in [2.05, 4.69) is 87.3 Å². The largest absolute Gasteiger partial charge is 0.398 e. The van der Waals surface area contributed by atoms with Crippen LogP contribution in [0.1, 0.15) is 83.5 Å². The van der Waals surface area contributed by atoms with Gasteiger partial charge >= 0.3 is 0 Å². The predicted molar refractivity (Wildman–Crippen MR) is 337 cm³/mol. The number of nitro groups is 6. The number of rotatable bonds is 11. The second kappa shape index (κ2) is 38.2. The Labute approximate surface area is 492 Å². The fourth-order valence-electron chi connectivity index (χ4n) is 7.23. The highest BCUT2D eigenvalue weighted by molar-refractivity contribution is 5.84. The van der Waals surface area contributed by atoms with Crippen molar-refractivity contribution in [3.8, 4) is 0 Å². The first-order valence-corrected chi connectivity index (χ1v) is 24.5. The highest BCUT2D eigenvalue weighted by Gasteiger charge is 2.22. The zero-order valence-electron chi connectivity index (χ0n) is 48.5. The van der Waals surface area contributed by atoms with Crippen molar-refractivity contribution in [1.29, 1.82) is 0 Å². The maximum Gasteiger partial charge on any atom is 0.283 e. The van der Waals surface area contributed by atoms with E-state index in [1.54, 1.807) is 80.1 Å². The molecular weight excluding hydrogens is 1080 g/mol. The molecule has 0 aliphatic carbocycles. The number of nitro benzene ring substituents is 6. The van der Waals surface area contributed by atoms with E-state index < -0.39 is 29.5 Å². The molecule has 0 amide bonds. The van der Waals surface area contributed by atoms with Gasteiger partial charge in [0.2, 0.25) is 6.41 Å². The molecule has 0 saturated heterocycles. The Morgan fingerprint density at radius 3 is 1.04 bits per heavy atom. The van der Waals surface area contributed by atoms with E-state index in [1.165, 1.54) is 45.8 Å². The van der Waals surface area contributed by atoms with Gasteiger partial charge in [-0.1, -0.05) is 93.1 Å². The summed E-state index contributed by atoms with van der Waals surface area (Å²) in [4.78, 5) is 66.5. The van der Waals surface area contributed by atoms with Crippen LogP contribution in [-0.4, -0.2) is 93.1 Å². The second-order valence-corrected chi connectivity index (χ2v) is 18.7. The van der Waals surface area contributed by atoms with Crippen molar-refractivity contribution in [3.05, 3.63) is 237 Å². The van der Waals surface area contributed by atoms with Gasteiger partial charge in [0, 0.05) is 73.5 Å². The first-order chi connectivity index (χ1) is 37.8. The van der Waals surface area contributed by atoms with Gasteiger partial charge in [0.1, 0.15) is 0 Å². The van der Waals surface area contributed by atoms with Gasteiger partial charge in [-0.15, -0.1) is 0 Å². The maximum atomic E-state index is 10.9. The average molecular weight is 1170 g/mol. The summed E-state index contributed by atoms with van der Waals surface area (Å²) in [6.07, 6.45) is 4.90. The highest BCUT2D eigenvalue weighted by Crippen LogP contribution is 2.31.